The highest BCUT2D eigenvalue weighted by Gasteiger charge is 2.37. The van der Waals surface area contributed by atoms with Crippen molar-refractivity contribution in [1.82, 2.24) is 47.9 Å². The Morgan fingerprint density at radius 2 is 1.13 bits per heavy atom. The van der Waals surface area contributed by atoms with Crippen LogP contribution in [0.25, 0.3) is 0 Å². The van der Waals surface area contributed by atoms with E-state index >= 15 is 9.59 Å². The Kier molecular flexibility index (Phi) is 27.7. The summed E-state index contributed by atoms with van der Waals surface area (Å²) in [5.41, 5.74) is 13.0. The van der Waals surface area contributed by atoms with Crippen LogP contribution in [-0.2, 0) is 78.7 Å². The molecule has 16 N–H and O–H groups in total. The minimum Gasteiger partial charge on any atom is -0.508 e. The number of aromatic hydroxyl groups is 2. The lowest BCUT2D eigenvalue weighted by atomic mass is 10.00. The van der Waals surface area contributed by atoms with E-state index in [0.717, 1.165) is 21.6 Å². The van der Waals surface area contributed by atoms with Gasteiger partial charge in [0, 0.05) is 47.8 Å². The molecule has 0 saturated carbocycles. The first-order chi connectivity index (χ1) is 43.8. The fourth-order valence-corrected chi connectivity index (χ4v) is 13.0. The van der Waals surface area contributed by atoms with Gasteiger partial charge in [-0.15, -0.1) is 0 Å². The third kappa shape index (κ3) is 22.9. The summed E-state index contributed by atoms with van der Waals surface area (Å²) in [7, 11) is -0.836. The van der Waals surface area contributed by atoms with Gasteiger partial charge in [-0.1, -0.05) is 99.9 Å². The van der Waals surface area contributed by atoms with E-state index in [1.807, 2.05) is 0 Å². The van der Waals surface area contributed by atoms with Gasteiger partial charge in [-0.3, -0.25) is 47.9 Å². The highest BCUT2D eigenvalue weighted by atomic mass is 35.5. The number of carbonyl (C=O) groups is 10. The Hall–Kier alpha value is -8.74. The van der Waals surface area contributed by atoms with Crippen molar-refractivity contribution in [2.45, 2.75) is 111 Å². The van der Waals surface area contributed by atoms with Crippen molar-refractivity contribution >= 4 is 102 Å². The second kappa shape index (κ2) is 35.2. The van der Waals surface area contributed by atoms with Crippen LogP contribution in [0, 0.1) is 0 Å². The molecular formula is C62H74ClN11O15S3. The summed E-state index contributed by atoms with van der Waals surface area (Å²) in [5, 5.41) is 55.3. The van der Waals surface area contributed by atoms with Gasteiger partial charge in [-0.2, -0.15) is 0 Å². The van der Waals surface area contributed by atoms with Gasteiger partial charge in [0.15, 0.2) is 9.84 Å². The van der Waals surface area contributed by atoms with Gasteiger partial charge in [0.05, 0.1) is 11.0 Å². The number of phenolic OH excluding ortho intramolecular Hbond substituents is 2. The van der Waals surface area contributed by atoms with E-state index in [0.29, 0.717) is 46.7 Å². The maximum atomic E-state index is 15.1. The molecule has 1 aliphatic heterocycles. The van der Waals surface area contributed by atoms with Crippen LogP contribution in [0.3, 0.4) is 0 Å². The van der Waals surface area contributed by atoms with Crippen molar-refractivity contribution < 1.29 is 71.7 Å². The maximum absolute atomic E-state index is 15.1. The number of unbranched alkanes of at least 4 members (excludes halogenated alkanes) is 1. The molecule has 1 aliphatic rings. The van der Waals surface area contributed by atoms with E-state index in [9.17, 15) is 62.1 Å². The smallest absolute Gasteiger partial charge is 0.248 e. The number of halogens is 1. The summed E-state index contributed by atoms with van der Waals surface area (Å²) >= 11 is 6.18. The normalized spacial score (nSPS) is 19.8. The lowest BCUT2D eigenvalue weighted by Gasteiger charge is -2.29. The van der Waals surface area contributed by atoms with Crippen molar-refractivity contribution in [3.8, 4) is 11.5 Å². The van der Waals surface area contributed by atoms with Crippen LogP contribution < -0.4 is 59.3 Å². The van der Waals surface area contributed by atoms with Crippen LogP contribution in [0.5, 0.6) is 11.5 Å². The molecule has 30 heteroatoms. The summed E-state index contributed by atoms with van der Waals surface area (Å²) in [4.78, 5) is 142. The zero-order valence-corrected chi connectivity index (χ0v) is 53.3. The number of hydrogen-bond acceptors (Lipinski definition) is 18. The van der Waals surface area contributed by atoms with Crippen molar-refractivity contribution in [3.05, 3.63) is 160 Å². The predicted octanol–water partition coefficient (Wildman–Crippen LogP) is 0.124. The summed E-state index contributed by atoms with van der Waals surface area (Å²) in [6.45, 7) is 1.68. The maximum Gasteiger partial charge on any atom is 0.248 e. The monoisotopic (exact) mass is 1340 g/mol. The largest absolute Gasteiger partial charge is 0.508 e. The number of primary amides is 2. The molecule has 1 saturated heterocycles. The molecule has 6 rings (SSSR count). The first kappa shape index (κ1) is 72.3. The molecule has 1 fully saturated rings. The number of nitrogens with one attached hydrogen (secondary N) is 9. The topological polar surface area (TPSA) is 426 Å². The third-order valence-corrected chi connectivity index (χ3v) is 18.8. The summed E-state index contributed by atoms with van der Waals surface area (Å²) in [5.74, 6) is -12.0. The number of carbonyl (C=O) groups excluding carboxylic acids is 10. The van der Waals surface area contributed by atoms with Crippen molar-refractivity contribution in [2.75, 3.05) is 30.9 Å². The number of benzene rings is 5. The molecule has 1 heterocycles. The number of amides is 10. The number of hydrogen-bond donors (Lipinski definition) is 14. The van der Waals surface area contributed by atoms with Crippen molar-refractivity contribution in [2.24, 2.45) is 11.5 Å². The Bertz CT molecular complexity index is 3500. The van der Waals surface area contributed by atoms with Crippen LogP contribution in [0.15, 0.2) is 132 Å². The second-order valence-electron chi connectivity index (χ2n) is 21.7. The van der Waals surface area contributed by atoms with E-state index in [2.05, 4.69) is 47.9 Å². The number of phenols is 2. The van der Waals surface area contributed by atoms with E-state index in [1.165, 1.54) is 116 Å². The molecular weight excluding hydrogens is 1270 g/mol. The van der Waals surface area contributed by atoms with E-state index in [1.54, 1.807) is 25.2 Å². The minimum atomic E-state index is -4.26. The van der Waals surface area contributed by atoms with Gasteiger partial charge in [0.1, 0.15) is 65.6 Å². The number of aliphatic hydroxyl groups excluding tert-OH is 1. The summed E-state index contributed by atoms with van der Waals surface area (Å²) in [6.07, 6.45) is -2.01. The fourth-order valence-electron chi connectivity index (χ4n) is 9.40. The Balaban J connectivity index is 1.44. The summed E-state index contributed by atoms with van der Waals surface area (Å²) < 4.78 is 26.8. The zero-order valence-electron chi connectivity index (χ0n) is 50.1. The van der Waals surface area contributed by atoms with Gasteiger partial charge in [-0.05, 0) is 123 Å². The molecule has 0 spiro atoms. The minimum absolute atomic E-state index is 0.0561. The molecule has 10 amide bonds. The van der Waals surface area contributed by atoms with Crippen molar-refractivity contribution in [1.29, 1.82) is 0 Å². The number of sulfone groups is 1. The second-order valence-corrected chi connectivity index (χ2v) is 26.7. The number of aliphatic hydroxyl groups is 1. The van der Waals surface area contributed by atoms with Gasteiger partial charge >= 0.3 is 0 Å². The molecule has 26 nitrogen and oxygen atoms in total. The molecule has 492 valence electrons. The molecule has 1 unspecified atom stereocenters. The highest BCUT2D eigenvalue weighted by molar-refractivity contribution is 8.76. The molecule has 9 atom stereocenters. The average Bonchev–Trinajstić information content (AvgIpc) is 3.73. The first-order valence-corrected chi connectivity index (χ1v) is 33.6. The van der Waals surface area contributed by atoms with Crippen LogP contribution in [0.1, 0.15) is 58.8 Å². The molecule has 0 aliphatic carbocycles. The number of nitrogens with two attached hydrogens (primary N) is 2. The Labute approximate surface area is 544 Å². The Morgan fingerprint density at radius 3 is 1.68 bits per heavy atom. The van der Waals surface area contributed by atoms with Gasteiger partial charge in [0.25, 0.3) is 0 Å². The Morgan fingerprint density at radius 1 is 0.620 bits per heavy atom. The van der Waals surface area contributed by atoms with Gasteiger partial charge in [0.2, 0.25) is 59.1 Å². The highest BCUT2D eigenvalue weighted by Crippen LogP contribution is 2.25. The van der Waals surface area contributed by atoms with Crippen LogP contribution in [-0.4, -0.2) is 168 Å². The molecule has 0 radical (unpaired) electrons. The van der Waals surface area contributed by atoms with Crippen LogP contribution >= 0.6 is 33.2 Å². The van der Waals surface area contributed by atoms with Crippen LogP contribution in [0.4, 0.5) is 0 Å². The molecule has 5 aromatic rings. The molecule has 0 bridgehead atoms. The first-order valence-electron chi connectivity index (χ1n) is 29.0. The SMILES string of the molecule is CNCCCCC1NC(=O)[C@@H](Cc2ccc(C(N)=O)cc2)NC(=O)[C@H](Cc2ccc(O)cc2)NC(=O)[C@H](NC(=O)[C@H](Cc2ccc(Cl)cc2)NC(=O)CS(=O)(=O)c2ccccc2)CSSC[C@@H](C(=O)N[C@H](Cc2ccc(O)cc2)C(N)=O)NC(=O)[C@H]([C@@H](C)O)NC1=O. The zero-order chi connectivity index (χ0) is 67.1. The standard InChI is InChI=1S/C62H74ClN11O15S3/c1-35(75)53-62(87)73-51(60(85)69-46(55(65)80)28-38-15-23-42(76)24-16-38)33-91-90-32-50(72-57(82)47(29-37-13-21-41(63)22-14-37)67-52(78)34-92(88,89)44-8-4-3-5-9-44)61(86)71-49(31-39-17-25-43(77)26-18-39)59(84)70-48(30-36-11-19-40(20-12-36)54(64)79)58(83)68-45(56(81)74-53)10-6-7-27-66-2/h3-5,8-9,11-26,35,45-51,53,66,75-77H,6-7,10,27-34H2,1-2H3,(H2,64,79)(H2,65,80)(H,67,78)(H,68,83)(H,69,85)(H,70,84)(H,71,86)(H,72,82)(H,73,87)(H,74,81)/t35-,45?,46-,47+,48-,49+,50-,51+,53+/m1/s1. The lowest BCUT2D eigenvalue weighted by Crippen LogP contribution is -2.62. The van der Waals surface area contributed by atoms with Gasteiger partial charge < -0.3 is 74.6 Å². The molecule has 5 aromatic carbocycles. The molecule has 92 heavy (non-hydrogen) atoms. The number of rotatable bonds is 24. The fraction of sp³-hybridized carbons (Fsp3) is 0.355. The predicted molar refractivity (Wildman–Crippen MR) is 345 cm³/mol. The van der Waals surface area contributed by atoms with E-state index in [-0.39, 0.29) is 54.1 Å². The van der Waals surface area contributed by atoms with Crippen molar-refractivity contribution in [3.63, 3.8) is 0 Å². The average molecular weight is 1340 g/mol. The quantitative estimate of drug-likeness (QED) is 0.0288. The third-order valence-electron chi connectivity index (χ3n) is 14.5. The summed E-state index contributed by atoms with van der Waals surface area (Å²) in [6, 6.07) is 17.4. The van der Waals surface area contributed by atoms with E-state index in [4.69, 9.17) is 23.1 Å². The van der Waals surface area contributed by atoms with Gasteiger partial charge in [-0.25, -0.2) is 8.42 Å². The van der Waals surface area contributed by atoms with E-state index < -0.39 is 141 Å². The lowest BCUT2D eigenvalue weighted by molar-refractivity contribution is -0.136. The van der Waals surface area contributed by atoms with Crippen LogP contribution in [0.2, 0.25) is 5.02 Å². The molecule has 0 aromatic heterocycles.